The van der Waals surface area contributed by atoms with E-state index in [9.17, 15) is 0 Å². The lowest BCUT2D eigenvalue weighted by Gasteiger charge is -2.20. The average Bonchev–Trinajstić information content (AvgIpc) is 2.48. The molecule has 0 N–H and O–H groups in total. The maximum atomic E-state index is 6.18. The van der Waals surface area contributed by atoms with E-state index in [1.807, 2.05) is 6.07 Å². The minimum atomic E-state index is 0.302. The van der Waals surface area contributed by atoms with Crippen molar-refractivity contribution in [3.05, 3.63) is 51.0 Å². The Morgan fingerprint density at radius 3 is 2.62 bits per heavy atom. The van der Waals surface area contributed by atoms with Gasteiger partial charge < -0.3 is 14.2 Å². The quantitative estimate of drug-likeness (QED) is 0.783. The summed E-state index contributed by atoms with van der Waals surface area (Å²) in [5, 5.41) is 1.57. The number of ether oxygens (including phenoxy) is 3. The van der Waals surface area contributed by atoms with Crippen molar-refractivity contribution >= 4 is 34.8 Å². The number of halogens is 3. The van der Waals surface area contributed by atoms with Gasteiger partial charge in [-0.25, -0.2) is 0 Å². The summed E-state index contributed by atoms with van der Waals surface area (Å²) in [6.45, 7) is 1.31. The second kappa shape index (κ2) is 6.22. The molecule has 2 aromatic rings. The molecule has 3 rings (SSSR count). The summed E-state index contributed by atoms with van der Waals surface area (Å²) in [5.41, 5.74) is 0.861. The number of hydrogen-bond donors (Lipinski definition) is 0. The van der Waals surface area contributed by atoms with Gasteiger partial charge in [-0.15, -0.1) is 0 Å². The van der Waals surface area contributed by atoms with Crippen molar-refractivity contribution < 1.29 is 14.2 Å². The van der Waals surface area contributed by atoms with Crippen LogP contribution in [0.1, 0.15) is 5.56 Å². The van der Waals surface area contributed by atoms with Gasteiger partial charge in [0, 0.05) is 11.1 Å². The van der Waals surface area contributed by atoms with E-state index in [4.69, 9.17) is 49.0 Å². The molecule has 0 spiro atoms. The lowest BCUT2D eigenvalue weighted by atomic mass is 10.2. The molecule has 6 heteroatoms. The van der Waals surface area contributed by atoms with Gasteiger partial charge in [0.1, 0.15) is 25.6 Å². The molecule has 0 bridgehead atoms. The number of hydrogen-bond acceptors (Lipinski definition) is 3. The summed E-state index contributed by atoms with van der Waals surface area (Å²) in [4.78, 5) is 0. The minimum Gasteiger partial charge on any atom is -0.487 e. The van der Waals surface area contributed by atoms with Crippen molar-refractivity contribution in [2.24, 2.45) is 0 Å². The van der Waals surface area contributed by atoms with Crippen LogP contribution in [0.3, 0.4) is 0 Å². The Balaban J connectivity index is 1.79. The first-order chi connectivity index (χ1) is 10.1. The molecule has 0 aliphatic carbocycles. The van der Waals surface area contributed by atoms with E-state index in [1.165, 1.54) is 0 Å². The summed E-state index contributed by atoms with van der Waals surface area (Å²) in [7, 11) is 0. The molecule has 0 radical (unpaired) electrons. The summed E-state index contributed by atoms with van der Waals surface area (Å²) in [6, 6.07) is 8.70. The predicted molar refractivity (Wildman–Crippen MR) is 83.2 cm³/mol. The van der Waals surface area contributed by atoms with Gasteiger partial charge in [-0.05, 0) is 29.8 Å². The topological polar surface area (TPSA) is 27.7 Å². The van der Waals surface area contributed by atoms with Gasteiger partial charge in [-0.2, -0.15) is 0 Å². The molecule has 0 fully saturated rings. The second-order valence-corrected chi connectivity index (χ2v) is 5.72. The summed E-state index contributed by atoms with van der Waals surface area (Å²) in [6.07, 6.45) is 0. The zero-order chi connectivity index (χ0) is 14.8. The fourth-order valence-electron chi connectivity index (χ4n) is 2.00. The minimum absolute atomic E-state index is 0.302. The number of fused-ring (bicyclic) bond motifs is 1. The van der Waals surface area contributed by atoms with Crippen LogP contribution in [-0.4, -0.2) is 13.2 Å². The highest BCUT2D eigenvalue weighted by molar-refractivity contribution is 6.34. The van der Waals surface area contributed by atoms with Crippen LogP contribution in [0, 0.1) is 0 Å². The van der Waals surface area contributed by atoms with Gasteiger partial charge in [-0.1, -0.05) is 34.8 Å². The number of rotatable bonds is 3. The van der Waals surface area contributed by atoms with Crippen LogP contribution in [0.25, 0.3) is 0 Å². The van der Waals surface area contributed by atoms with Crippen LogP contribution in [-0.2, 0) is 6.61 Å². The molecule has 0 atom stereocenters. The molecular weight excluding hydrogens is 335 g/mol. The smallest absolute Gasteiger partial charge is 0.179 e. The van der Waals surface area contributed by atoms with Crippen LogP contribution >= 0.6 is 34.8 Å². The van der Waals surface area contributed by atoms with E-state index in [0.717, 1.165) is 5.56 Å². The van der Waals surface area contributed by atoms with Gasteiger partial charge in [0.15, 0.2) is 11.5 Å². The first kappa shape index (κ1) is 14.6. The van der Waals surface area contributed by atoms with Crippen molar-refractivity contribution in [3.8, 4) is 17.2 Å². The Bertz CT molecular complexity index is 673. The molecule has 0 unspecified atom stereocenters. The van der Waals surface area contributed by atoms with Gasteiger partial charge in [-0.3, -0.25) is 0 Å². The highest BCUT2D eigenvalue weighted by atomic mass is 35.5. The first-order valence-electron chi connectivity index (χ1n) is 6.29. The fraction of sp³-hybridized carbons (Fsp3) is 0.200. The van der Waals surface area contributed by atoms with Crippen LogP contribution in [0.15, 0.2) is 30.3 Å². The Morgan fingerprint density at radius 2 is 1.76 bits per heavy atom. The SMILES string of the molecule is Clc1ccc(Cl)c(OCc2cc(Cl)c3c(c2)OCCO3)c1. The van der Waals surface area contributed by atoms with Gasteiger partial charge in [0.05, 0.1) is 10.0 Å². The third kappa shape index (κ3) is 3.31. The van der Waals surface area contributed by atoms with E-state index >= 15 is 0 Å². The van der Waals surface area contributed by atoms with Crippen LogP contribution in [0.4, 0.5) is 0 Å². The standard InChI is InChI=1S/C15H11Cl3O3/c16-10-1-2-11(17)13(7-10)21-8-9-5-12(18)15-14(6-9)19-3-4-20-15/h1-2,5-7H,3-4,8H2. The van der Waals surface area contributed by atoms with Gasteiger partial charge in [0.2, 0.25) is 0 Å². The molecule has 110 valence electrons. The highest BCUT2D eigenvalue weighted by Crippen LogP contribution is 2.38. The van der Waals surface area contributed by atoms with E-state index in [-0.39, 0.29) is 0 Å². The molecule has 0 aromatic heterocycles. The molecule has 1 heterocycles. The molecule has 2 aromatic carbocycles. The largest absolute Gasteiger partial charge is 0.487 e. The van der Waals surface area contributed by atoms with Crippen molar-refractivity contribution in [2.75, 3.05) is 13.2 Å². The zero-order valence-corrected chi connectivity index (χ0v) is 13.1. The van der Waals surface area contributed by atoms with E-state index in [2.05, 4.69) is 0 Å². The zero-order valence-electron chi connectivity index (χ0n) is 10.9. The van der Waals surface area contributed by atoms with Crippen LogP contribution in [0.2, 0.25) is 15.1 Å². The Labute approximate surface area is 137 Å². The van der Waals surface area contributed by atoms with Gasteiger partial charge in [0.25, 0.3) is 0 Å². The third-order valence-electron chi connectivity index (χ3n) is 2.94. The Kier molecular flexibility index (Phi) is 4.34. The second-order valence-electron chi connectivity index (χ2n) is 4.47. The predicted octanol–water partition coefficient (Wildman–Crippen LogP) is 5.00. The maximum Gasteiger partial charge on any atom is 0.179 e. The molecule has 0 saturated carbocycles. The Morgan fingerprint density at radius 1 is 0.952 bits per heavy atom. The lowest BCUT2D eigenvalue weighted by molar-refractivity contribution is 0.171. The van der Waals surface area contributed by atoms with Crippen molar-refractivity contribution in [1.29, 1.82) is 0 Å². The van der Waals surface area contributed by atoms with E-state index in [1.54, 1.807) is 24.3 Å². The molecule has 0 saturated heterocycles. The molecular formula is C15H11Cl3O3. The molecule has 1 aliphatic heterocycles. The van der Waals surface area contributed by atoms with Gasteiger partial charge >= 0.3 is 0 Å². The molecule has 1 aliphatic rings. The summed E-state index contributed by atoms with van der Waals surface area (Å²) in [5.74, 6) is 1.73. The number of benzene rings is 2. The van der Waals surface area contributed by atoms with Crippen molar-refractivity contribution in [1.82, 2.24) is 0 Å². The monoisotopic (exact) mass is 344 g/mol. The Hall–Kier alpha value is -1.29. The van der Waals surface area contributed by atoms with E-state index in [0.29, 0.717) is 52.1 Å². The van der Waals surface area contributed by atoms with Crippen molar-refractivity contribution in [3.63, 3.8) is 0 Å². The lowest BCUT2D eigenvalue weighted by Crippen LogP contribution is -2.16. The average molecular weight is 346 g/mol. The highest BCUT2D eigenvalue weighted by Gasteiger charge is 2.17. The molecule has 21 heavy (non-hydrogen) atoms. The molecule has 0 amide bonds. The normalized spacial score (nSPS) is 13.1. The van der Waals surface area contributed by atoms with Crippen molar-refractivity contribution in [2.45, 2.75) is 6.61 Å². The summed E-state index contributed by atoms with van der Waals surface area (Å²) >= 11 is 18.2. The maximum absolute atomic E-state index is 6.18. The van der Waals surface area contributed by atoms with Crippen LogP contribution in [0.5, 0.6) is 17.2 Å². The molecule has 3 nitrogen and oxygen atoms in total. The van der Waals surface area contributed by atoms with Crippen LogP contribution < -0.4 is 14.2 Å². The third-order valence-corrected chi connectivity index (χ3v) is 3.77. The first-order valence-corrected chi connectivity index (χ1v) is 7.43. The summed E-state index contributed by atoms with van der Waals surface area (Å²) < 4.78 is 16.7. The fourth-order valence-corrected chi connectivity index (χ4v) is 2.62. The van der Waals surface area contributed by atoms with E-state index < -0.39 is 0 Å².